The van der Waals surface area contributed by atoms with Crippen LogP contribution >= 0.6 is 0 Å². The molecule has 0 N–H and O–H groups in total. The minimum absolute atomic E-state index is 0.170. The van der Waals surface area contributed by atoms with E-state index in [1.807, 2.05) is 0 Å². The maximum absolute atomic E-state index is 6.68. The van der Waals surface area contributed by atoms with Gasteiger partial charge in [-0.15, -0.1) is 0 Å². The van der Waals surface area contributed by atoms with Crippen molar-refractivity contribution in [2.24, 2.45) is 0 Å². The van der Waals surface area contributed by atoms with Crippen LogP contribution in [0, 0.1) is 0 Å². The van der Waals surface area contributed by atoms with Gasteiger partial charge in [0.2, 0.25) is 0 Å². The predicted molar refractivity (Wildman–Crippen MR) is 166 cm³/mol. The van der Waals surface area contributed by atoms with Crippen molar-refractivity contribution >= 4 is 8.32 Å². The zero-order valence-electron chi connectivity index (χ0n) is 27.2. The molecule has 0 aliphatic carbocycles. The summed E-state index contributed by atoms with van der Waals surface area (Å²) < 4.78 is 52.4. The van der Waals surface area contributed by atoms with Gasteiger partial charge in [-0.05, 0) is 57.7 Å². The third-order valence-electron chi connectivity index (χ3n) is 8.28. The maximum Gasteiger partial charge on any atom is 0.195 e. The molecule has 3 heterocycles. The van der Waals surface area contributed by atoms with Gasteiger partial charge in [-0.2, -0.15) is 0 Å². The Morgan fingerprint density at radius 3 is 1.50 bits per heavy atom. The van der Waals surface area contributed by atoms with Crippen LogP contribution in [0.15, 0.2) is 0 Å². The second kappa shape index (κ2) is 21.6. The third kappa shape index (κ3) is 17.4. The fraction of sp³-hybridized carbons (Fsp3) is 1.00. The first-order valence-electron chi connectivity index (χ1n) is 17.0. The summed E-state index contributed by atoms with van der Waals surface area (Å²) in [5.41, 5.74) is 0. The molecule has 3 aliphatic rings. The molecule has 0 bridgehead atoms. The predicted octanol–water partition coefficient (Wildman–Crippen LogP) is 5.53. The van der Waals surface area contributed by atoms with E-state index < -0.39 is 8.32 Å². The minimum Gasteiger partial charge on any atom is -0.417 e. The summed E-state index contributed by atoms with van der Waals surface area (Å²) in [5.74, 6) is 0. The van der Waals surface area contributed by atoms with Gasteiger partial charge in [0.05, 0.1) is 71.2 Å². The van der Waals surface area contributed by atoms with Crippen LogP contribution in [0.1, 0.15) is 79.1 Å². The van der Waals surface area contributed by atoms with Crippen molar-refractivity contribution in [3.8, 4) is 0 Å². The highest BCUT2D eigenvalue weighted by Gasteiger charge is 2.36. The first-order valence-corrected chi connectivity index (χ1v) is 19.6. The van der Waals surface area contributed by atoms with Crippen molar-refractivity contribution in [1.29, 1.82) is 0 Å². The Bertz CT molecular complexity index is 622. The number of epoxide rings is 3. The van der Waals surface area contributed by atoms with Gasteiger partial charge in [0.1, 0.15) is 18.3 Å². The van der Waals surface area contributed by atoms with E-state index in [2.05, 4.69) is 27.7 Å². The summed E-state index contributed by atoms with van der Waals surface area (Å²) in [6, 6.07) is 3.43. The SMILES string of the molecule is CCO[Si](CCCCCOCC(CC)OCC1CO1)(CCCCCOCC(CC)OCC1CO1)CC(C)OCC1CO1. The standard InChI is InChI=1S/C32H62O9Si/c1-5-28(36-21-31-24-39-31)18-33-14-10-8-12-16-42(41-7-3,26-27(4)35-20-30-23-38-30)17-13-9-11-15-34-19-29(6-2)37-22-32-25-40-32/h27-32H,5-26H2,1-4H3. The van der Waals surface area contributed by atoms with Gasteiger partial charge in [-0.3, -0.25) is 0 Å². The lowest BCUT2D eigenvalue weighted by Crippen LogP contribution is -2.41. The van der Waals surface area contributed by atoms with Gasteiger partial charge in [-0.1, -0.05) is 39.5 Å². The molecular weight excluding hydrogens is 556 g/mol. The molecular formula is C32H62O9Si. The lowest BCUT2D eigenvalue weighted by Gasteiger charge is -2.34. The van der Waals surface area contributed by atoms with Gasteiger partial charge in [-0.25, -0.2) is 0 Å². The molecule has 248 valence electrons. The molecule has 0 amide bonds. The van der Waals surface area contributed by atoms with E-state index >= 15 is 0 Å². The first-order chi connectivity index (χ1) is 20.6. The van der Waals surface area contributed by atoms with Crippen molar-refractivity contribution in [2.75, 3.05) is 72.7 Å². The number of ether oxygens (including phenoxy) is 8. The largest absolute Gasteiger partial charge is 0.417 e. The molecule has 42 heavy (non-hydrogen) atoms. The summed E-state index contributed by atoms with van der Waals surface area (Å²) in [5, 5.41) is 0. The Hall–Kier alpha value is -0.143. The smallest absolute Gasteiger partial charge is 0.195 e. The Morgan fingerprint density at radius 1 is 0.643 bits per heavy atom. The second-order valence-electron chi connectivity index (χ2n) is 12.3. The van der Waals surface area contributed by atoms with Crippen molar-refractivity contribution < 1.29 is 42.3 Å². The Balaban J connectivity index is 1.32. The fourth-order valence-electron chi connectivity index (χ4n) is 5.33. The third-order valence-corrected chi connectivity index (χ3v) is 13.0. The van der Waals surface area contributed by atoms with E-state index in [4.69, 9.17) is 42.3 Å². The number of rotatable bonds is 31. The fourth-order valence-corrected chi connectivity index (χ4v) is 9.96. The molecule has 3 fully saturated rings. The lowest BCUT2D eigenvalue weighted by atomic mass is 10.2. The zero-order chi connectivity index (χ0) is 29.9. The van der Waals surface area contributed by atoms with Crippen molar-refractivity contribution in [2.45, 2.75) is 134 Å². The average Bonchev–Trinajstić information content (AvgIpc) is 3.82. The highest BCUT2D eigenvalue weighted by molar-refractivity contribution is 6.74. The van der Waals surface area contributed by atoms with Crippen LogP contribution in [0.4, 0.5) is 0 Å². The zero-order valence-corrected chi connectivity index (χ0v) is 28.2. The second-order valence-corrected chi connectivity index (χ2v) is 16.4. The van der Waals surface area contributed by atoms with Crippen LogP contribution in [-0.4, -0.2) is 118 Å². The lowest BCUT2D eigenvalue weighted by molar-refractivity contribution is -0.0235. The summed E-state index contributed by atoms with van der Waals surface area (Å²) in [6.45, 7) is 17.0. The Kier molecular flexibility index (Phi) is 18.7. The average molecular weight is 619 g/mol. The number of hydrogen-bond donors (Lipinski definition) is 0. The van der Waals surface area contributed by atoms with Crippen LogP contribution < -0.4 is 0 Å². The van der Waals surface area contributed by atoms with Crippen LogP contribution in [0.5, 0.6) is 0 Å². The van der Waals surface area contributed by atoms with Crippen LogP contribution in [-0.2, 0) is 42.3 Å². The molecule has 0 aromatic carbocycles. The van der Waals surface area contributed by atoms with Crippen LogP contribution in [0.2, 0.25) is 18.1 Å². The van der Waals surface area contributed by atoms with Gasteiger partial charge < -0.3 is 42.3 Å². The van der Waals surface area contributed by atoms with Gasteiger partial charge in [0.15, 0.2) is 8.32 Å². The highest BCUT2D eigenvalue weighted by atomic mass is 28.4. The minimum atomic E-state index is -1.94. The van der Waals surface area contributed by atoms with E-state index in [-0.39, 0.29) is 18.3 Å². The molecule has 0 aromatic heterocycles. The monoisotopic (exact) mass is 618 g/mol. The number of hydrogen-bond acceptors (Lipinski definition) is 9. The van der Waals surface area contributed by atoms with E-state index in [1.165, 1.54) is 37.8 Å². The Labute approximate surface area is 257 Å². The van der Waals surface area contributed by atoms with Gasteiger partial charge in [0, 0.05) is 19.8 Å². The Morgan fingerprint density at radius 2 is 1.10 bits per heavy atom. The molecule has 3 saturated heterocycles. The van der Waals surface area contributed by atoms with Crippen molar-refractivity contribution in [1.82, 2.24) is 0 Å². The first kappa shape index (κ1) is 36.3. The molecule has 0 saturated carbocycles. The molecule has 9 nitrogen and oxygen atoms in total. The van der Waals surface area contributed by atoms with E-state index in [9.17, 15) is 0 Å². The van der Waals surface area contributed by atoms with Gasteiger partial charge >= 0.3 is 0 Å². The number of unbranched alkanes of at least 4 members (excludes halogenated alkanes) is 4. The summed E-state index contributed by atoms with van der Waals surface area (Å²) in [6.07, 6.45) is 10.3. The van der Waals surface area contributed by atoms with E-state index in [0.29, 0.717) is 51.3 Å². The molecule has 6 atom stereocenters. The maximum atomic E-state index is 6.68. The molecule has 0 aromatic rings. The molecule has 0 radical (unpaired) electrons. The van der Waals surface area contributed by atoms with Crippen molar-refractivity contribution in [3.63, 3.8) is 0 Å². The van der Waals surface area contributed by atoms with E-state index in [1.54, 1.807) is 0 Å². The van der Waals surface area contributed by atoms with Gasteiger partial charge in [0.25, 0.3) is 0 Å². The van der Waals surface area contributed by atoms with Crippen LogP contribution in [0.25, 0.3) is 0 Å². The molecule has 6 unspecified atom stereocenters. The normalized spacial score (nSPS) is 24.7. The summed E-state index contributed by atoms with van der Waals surface area (Å²) >= 11 is 0. The molecule has 0 spiro atoms. The molecule has 3 rings (SSSR count). The summed E-state index contributed by atoms with van der Waals surface area (Å²) in [7, 11) is -1.94. The molecule has 3 aliphatic heterocycles. The van der Waals surface area contributed by atoms with Crippen LogP contribution in [0.3, 0.4) is 0 Å². The quantitative estimate of drug-likeness (QED) is 0.0565. The highest BCUT2D eigenvalue weighted by Crippen LogP contribution is 2.31. The summed E-state index contributed by atoms with van der Waals surface area (Å²) in [4.78, 5) is 0. The topological polar surface area (TPSA) is 93.0 Å². The molecule has 10 heteroatoms. The van der Waals surface area contributed by atoms with E-state index in [0.717, 1.165) is 71.4 Å². The van der Waals surface area contributed by atoms with Crippen molar-refractivity contribution in [3.05, 3.63) is 0 Å².